The van der Waals surface area contributed by atoms with Crippen LogP contribution in [0.4, 0.5) is 0 Å². The Labute approximate surface area is 285 Å². The first kappa shape index (κ1) is 28.9. The highest BCUT2D eigenvalue weighted by molar-refractivity contribution is 6.23. The Balaban J connectivity index is 1.42. The molecule has 1 unspecified atom stereocenters. The van der Waals surface area contributed by atoms with E-state index < -0.39 is 11.6 Å². The molecule has 1 saturated heterocycles. The molecule has 10 rings (SSSR count). The van der Waals surface area contributed by atoms with Gasteiger partial charge in [-0.3, -0.25) is 0 Å². The first-order valence-electron chi connectivity index (χ1n) is 17.1. The summed E-state index contributed by atoms with van der Waals surface area (Å²) in [6.07, 6.45) is 0. The van der Waals surface area contributed by atoms with E-state index in [-0.39, 0.29) is 0 Å². The van der Waals surface area contributed by atoms with Crippen LogP contribution >= 0.6 is 0 Å². The van der Waals surface area contributed by atoms with Crippen LogP contribution in [0.3, 0.4) is 0 Å². The second-order valence-corrected chi connectivity index (χ2v) is 13.0. The fraction of sp³-hybridized carbons (Fsp3) is 0.156. The second-order valence-electron chi connectivity index (χ2n) is 13.0. The van der Waals surface area contributed by atoms with E-state index in [2.05, 4.69) is 133 Å². The third-order valence-corrected chi connectivity index (χ3v) is 10.7. The van der Waals surface area contributed by atoms with E-state index >= 15 is 0 Å². The summed E-state index contributed by atoms with van der Waals surface area (Å²) in [5.74, 6) is -1.92. The molecule has 49 heavy (non-hydrogen) atoms. The second kappa shape index (κ2) is 10.7. The van der Waals surface area contributed by atoms with E-state index in [0.717, 1.165) is 66.4 Å². The maximum atomic E-state index is 6.59. The summed E-state index contributed by atoms with van der Waals surface area (Å²) in [5, 5.41) is 4.67. The summed E-state index contributed by atoms with van der Waals surface area (Å²) in [7, 11) is 1.75. The zero-order valence-corrected chi connectivity index (χ0v) is 27.5. The number of benzene rings is 7. The van der Waals surface area contributed by atoms with E-state index in [9.17, 15) is 0 Å². The molecule has 1 fully saturated rings. The fourth-order valence-corrected chi connectivity index (χ4v) is 8.80. The van der Waals surface area contributed by atoms with E-state index in [4.69, 9.17) is 18.9 Å². The monoisotopic (exact) mass is 638 g/mol. The highest BCUT2D eigenvalue weighted by Gasteiger charge is 2.49. The van der Waals surface area contributed by atoms with E-state index in [0.29, 0.717) is 19.8 Å². The Morgan fingerprint density at radius 3 is 1.55 bits per heavy atom. The molecule has 0 N–H and O–H groups in total. The van der Waals surface area contributed by atoms with Crippen molar-refractivity contribution in [1.29, 1.82) is 0 Å². The molecule has 1 spiro atoms. The number of hydrogen-bond donors (Lipinski definition) is 0. The van der Waals surface area contributed by atoms with Crippen molar-refractivity contribution in [3.63, 3.8) is 0 Å². The van der Waals surface area contributed by atoms with Gasteiger partial charge in [0.2, 0.25) is 11.6 Å². The van der Waals surface area contributed by atoms with Gasteiger partial charge in [0.1, 0.15) is 0 Å². The first-order valence-corrected chi connectivity index (χ1v) is 17.1. The summed E-state index contributed by atoms with van der Waals surface area (Å²) in [6, 6.07) is 48.0. The van der Waals surface area contributed by atoms with Gasteiger partial charge in [0.05, 0.1) is 13.2 Å². The molecular weight excluding hydrogens is 604 g/mol. The van der Waals surface area contributed by atoms with Crippen molar-refractivity contribution < 1.29 is 18.9 Å². The zero-order valence-electron chi connectivity index (χ0n) is 27.5. The van der Waals surface area contributed by atoms with Crippen LogP contribution in [0.1, 0.15) is 29.2 Å². The molecule has 1 heterocycles. The van der Waals surface area contributed by atoms with Gasteiger partial charge in [-0.15, -0.1) is 0 Å². The van der Waals surface area contributed by atoms with Gasteiger partial charge in [0.25, 0.3) is 0 Å². The van der Waals surface area contributed by atoms with E-state index in [1.165, 1.54) is 21.9 Å². The summed E-state index contributed by atoms with van der Waals surface area (Å²) in [6.45, 7) is 3.64. The lowest BCUT2D eigenvalue weighted by atomic mass is 9.82. The van der Waals surface area contributed by atoms with Gasteiger partial charge in [0.15, 0.2) is 0 Å². The van der Waals surface area contributed by atoms with Crippen molar-refractivity contribution in [2.45, 2.75) is 18.5 Å². The largest absolute Gasteiger partial charge is 0.346 e. The number of ether oxygens (including phenoxy) is 4. The minimum Gasteiger partial charge on any atom is -0.346 e. The zero-order chi connectivity index (χ0) is 32.7. The summed E-state index contributed by atoms with van der Waals surface area (Å²) < 4.78 is 26.1. The molecule has 238 valence electrons. The molecule has 0 amide bonds. The summed E-state index contributed by atoms with van der Waals surface area (Å²) in [5.41, 5.74) is 13.4. The van der Waals surface area contributed by atoms with Gasteiger partial charge in [-0.05, 0) is 97.2 Å². The van der Waals surface area contributed by atoms with Crippen LogP contribution in [0.25, 0.3) is 66.1 Å². The molecule has 4 nitrogen and oxygen atoms in total. The first-order chi connectivity index (χ1) is 24.2. The molecule has 4 heteroatoms. The van der Waals surface area contributed by atoms with Crippen LogP contribution in [0.15, 0.2) is 133 Å². The number of methoxy groups -OCH3 is 1. The predicted octanol–water partition coefficient (Wildman–Crippen LogP) is 10.4. The molecule has 1 atom stereocenters. The lowest BCUT2D eigenvalue weighted by molar-refractivity contribution is -0.196. The smallest absolute Gasteiger partial charge is 0.223 e. The van der Waals surface area contributed by atoms with Crippen molar-refractivity contribution in [1.82, 2.24) is 0 Å². The lowest BCUT2D eigenvalue weighted by Crippen LogP contribution is -2.31. The Kier molecular flexibility index (Phi) is 6.30. The SMILES string of the molecule is CCOC1(OC)c2ccccc2-c2cc3c(-c4ccccc4)c4cc5c(cc4c(-c4ccccc4)c3cc21)-c1ccccc1C51OCCO1. The van der Waals surface area contributed by atoms with Gasteiger partial charge in [-0.2, -0.15) is 0 Å². The standard InChI is InChI=1S/C45H34O4/c1-3-47-44(46-2)38-20-12-10-18-30(38)32-24-34-36(26-40(32)44)42(28-14-6-4-7-15-28)35-25-33-31-19-11-13-21-39(31)45(48-22-23-49-45)41(33)27-37(35)43(34)29-16-8-5-9-17-29/h4-21,24-27H,3,22-23H2,1-2H3. The molecule has 0 radical (unpaired) electrons. The highest BCUT2D eigenvalue weighted by Crippen LogP contribution is 2.57. The molecule has 7 aromatic carbocycles. The average molecular weight is 639 g/mol. The maximum Gasteiger partial charge on any atom is 0.223 e. The van der Waals surface area contributed by atoms with Crippen LogP contribution in [0.5, 0.6) is 0 Å². The Hall–Kier alpha value is -5.10. The van der Waals surface area contributed by atoms with Gasteiger partial charge < -0.3 is 18.9 Å². The van der Waals surface area contributed by atoms with Gasteiger partial charge >= 0.3 is 0 Å². The minimum absolute atomic E-state index is 0.510. The number of rotatable bonds is 5. The molecule has 1 aliphatic heterocycles. The fourth-order valence-electron chi connectivity index (χ4n) is 8.80. The van der Waals surface area contributed by atoms with Crippen molar-refractivity contribution in [2.24, 2.45) is 0 Å². The number of fused-ring (bicyclic) bond motifs is 10. The highest BCUT2D eigenvalue weighted by atomic mass is 16.7. The maximum absolute atomic E-state index is 6.59. The van der Waals surface area contributed by atoms with Crippen LogP contribution in [0.2, 0.25) is 0 Å². The Morgan fingerprint density at radius 1 is 0.510 bits per heavy atom. The molecule has 0 bridgehead atoms. The molecule has 3 aliphatic rings. The number of hydrogen-bond acceptors (Lipinski definition) is 4. The third-order valence-electron chi connectivity index (χ3n) is 10.7. The van der Waals surface area contributed by atoms with Crippen LogP contribution < -0.4 is 0 Å². The quantitative estimate of drug-likeness (QED) is 0.139. The minimum atomic E-state index is -1.01. The molecular formula is C45H34O4. The summed E-state index contributed by atoms with van der Waals surface area (Å²) in [4.78, 5) is 0. The summed E-state index contributed by atoms with van der Waals surface area (Å²) >= 11 is 0. The van der Waals surface area contributed by atoms with Crippen LogP contribution in [-0.4, -0.2) is 26.9 Å². The average Bonchev–Trinajstić information content (AvgIpc) is 3.83. The van der Waals surface area contributed by atoms with Crippen molar-refractivity contribution >= 4 is 21.5 Å². The van der Waals surface area contributed by atoms with Crippen LogP contribution in [0, 0.1) is 0 Å². The molecule has 7 aromatic rings. The molecule has 2 aliphatic carbocycles. The molecule has 0 aromatic heterocycles. The normalized spacial score (nSPS) is 18.2. The van der Waals surface area contributed by atoms with E-state index in [1.54, 1.807) is 7.11 Å². The van der Waals surface area contributed by atoms with Gasteiger partial charge in [-0.25, -0.2) is 0 Å². The van der Waals surface area contributed by atoms with E-state index in [1.807, 2.05) is 6.92 Å². The van der Waals surface area contributed by atoms with Gasteiger partial charge in [0, 0.05) is 36.0 Å². The van der Waals surface area contributed by atoms with Crippen molar-refractivity contribution in [2.75, 3.05) is 26.9 Å². The topological polar surface area (TPSA) is 36.9 Å². The lowest BCUT2D eigenvalue weighted by Gasteiger charge is -2.30. The third kappa shape index (κ3) is 3.83. The predicted molar refractivity (Wildman–Crippen MR) is 195 cm³/mol. The van der Waals surface area contributed by atoms with Gasteiger partial charge in [-0.1, -0.05) is 109 Å². The Morgan fingerprint density at radius 2 is 0.980 bits per heavy atom. The Bertz CT molecular complexity index is 2440. The molecule has 0 saturated carbocycles. The van der Waals surface area contributed by atoms with Crippen molar-refractivity contribution in [3.05, 3.63) is 156 Å². The van der Waals surface area contributed by atoms with Crippen LogP contribution in [-0.2, 0) is 30.5 Å². The van der Waals surface area contributed by atoms with Crippen molar-refractivity contribution in [3.8, 4) is 44.5 Å².